The summed E-state index contributed by atoms with van der Waals surface area (Å²) in [4.78, 5) is 24.1. The number of esters is 1. The molecule has 1 atom stereocenters. The van der Waals surface area contributed by atoms with Gasteiger partial charge in [0, 0.05) is 12.7 Å². The van der Waals surface area contributed by atoms with Crippen LogP contribution in [0, 0.1) is 13.8 Å². The van der Waals surface area contributed by atoms with E-state index in [1.54, 1.807) is 18.5 Å². The predicted octanol–water partition coefficient (Wildman–Crippen LogP) is 2.66. The van der Waals surface area contributed by atoms with Gasteiger partial charge in [-0.05, 0) is 44.9 Å². The highest BCUT2D eigenvalue weighted by Gasteiger charge is 2.20. The fourth-order valence-electron chi connectivity index (χ4n) is 2.26. The van der Waals surface area contributed by atoms with Crippen LogP contribution in [0.5, 0.6) is 0 Å². The summed E-state index contributed by atoms with van der Waals surface area (Å²) in [6, 6.07) is 5.94. The van der Waals surface area contributed by atoms with Crippen molar-refractivity contribution in [2.45, 2.75) is 44.5 Å². The Morgan fingerprint density at radius 2 is 2.04 bits per heavy atom. The summed E-state index contributed by atoms with van der Waals surface area (Å²) in [5.41, 5.74) is 2.91. The fourth-order valence-corrected chi connectivity index (χ4v) is 3.09. The van der Waals surface area contributed by atoms with Gasteiger partial charge in [0.15, 0.2) is 5.16 Å². The summed E-state index contributed by atoms with van der Waals surface area (Å²) in [5, 5.41) is 11.3. The Balaban J connectivity index is 2.01. The second kappa shape index (κ2) is 8.84. The van der Waals surface area contributed by atoms with Crippen LogP contribution in [-0.4, -0.2) is 38.5 Å². The number of carbonyl (C=O) groups excluding carboxylic acids is 2. The van der Waals surface area contributed by atoms with Gasteiger partial charge < -0.3 is 14.6 Å². The van der Waals surface area contributed by atoms with Crippen molar-refractivity contribution in [3.8, 4) is 0 Å². The Morgan fingerprint density at radius 3 is 2.73 bits per heavy atom. The van der Waals surface area contributed by atoms with E-state index in [1.807, 2.05) is 39.0 Å². The molecule has 8 heteroatoms. The van der Waals surface area contributed by atoms with Gasteiger partial charge in [0.25, 0.3) is 0 Å². The molecule has 0 aliphatic carbocycles. The van der Waals surface area contributed by atoms with Crippen LogP contribution in [0.4, 0.5) is 5.69 Å². The van der Waals surface area contributed by atoms with Gasteiger partial charge in [-0.1, -0.05) is 23.9 Å². The van der Waals surface area contributed by atoms with Crippen LogP contribution in [0.2, 0.25) is 0 Å². The zero-order valence-electron chi connectivity index (χ0n) is 15.7. The number of aryl methyl sites for hydroxylation is 2. The van der Waals surface area contributed by atoms with Gasteiger partial charge in [-0.2, -0.15) is 0 Å². The van der Waals surface area contributed by atoms with Crippen molar-refractivity contribution in [2.24, 2.45) is 7.05 Å². The maximum atomic E-state index is 12.5. The molecule has 7 nitrogen and oxygen atoms in total. The van der Waals surface area contributed by atoms with Crippen LogP contribution < -0.4 is 5.32 Å². The summed E-state index contributed by atoms with van der Waals surface area (Å²) in [6.07, 6.45) is 0.0565. The van der Waals surface area contributed by atoms with E-state index < -0.39 is 0 Å². The van der Waals surface area contributed by atoms with Gasteiger partial charge in [0.05, 0.1) is 11.9 Å². The molecule has 1 N–H and O–H groups in total. The van der Waals surface area contributed by atoms with E-state index in [1.165, 1.54) is 11.8 Å². The number of hydrogen-bond acceptors (Lipinski definition) is 6. The first kappa shape index (κ1) is 20.0. The molecule has 0 fully saturated rings. The first-order chi connectivity index (χ1) is 12.3. The van der Waals surface area contributed by atoms with Crippen molar-refractivity contribution >= 4 is 29.3 Å². The topological polar surface area (TPSA) is 86.1 Å². The van der Waals surface area contributed by atoms with Crippen LogP contribution in [0.3, 0.4) is 0 Å². The molecule has 0 spiro atoms. The van der Waals surface area contributed by atoms with E-state index in [9.17, 15) is 9.59 Å². The summed E-state index contributed by atoms with van der Waals surface area (Å²) in [7, 11) is 1.77. The number of nitrogens with zero attached hydrogens (tertiary/aromatic N) is 3. The second-order valence-corrected chi connectivity index (χ2v) is 7.32. The predicted molar refractivity (Wildman–Crippen MR) is 101 cm³/mol. The van der Waals surface area contributed by atoms with E-state index in [2.05, 4.69) is 15.5 Å². The summed E-state index contributed by atoms with van der Waals surface area (Å²) in [5.74, 6) is 0.0481. The Hall–Kier alpha value is -2.35. The van der Waals surface area contributed by atoms with Crippen molar-refractivity contribution in [2.75, 3.05) is 11.9 Å². The lowest BCUT2D eigenvalue weighted by molar-refractivity contribution is -0.142. The van der Waals surface area contributed by atoms with Gasteiger partial charge in [0.2, 0.25) is 5.91 Å². The molecular formula is C18H24N4O3S. The zero-order chi connectivity index (χ0) is 19.3. The Morgan fingerprint density at radius 1 is 1.31 bits per heavy atom. The average Bonchev–Trinajstić information content (AvgIpc) is 2.91. The van der Waals surface area contributed by atoms with Gasteiger partial charge in [-0.15, -0.1) is 10.2 Å². The highest BCUT2D eigenvalue weighted by atomic mass is 32.2. The molecule has 0 aliphatic rings. The molecule has 1 amide bonds. The molecule has 2 aromatic rings. The van der Waals surface area contributed by atoms with Crippen LogP contribution in [0.25, 0.3) is 0 Å². The SMILES string of the molecule is CCOC(=O)Cc1nnc(S[C@@H](C)C(=O)Nc2cc(C)ccc2C)n1C. The third-order valence-corrected chi connectivity index (χ3v) is 4.97. The van der Waals surface area contributed by atoms with E-state index >= 15 is 0 Å². The van der Waals surface area contributed by atoms with Crippen molar-refractivity contribution in [1.29, 1.82) is 0 Å². The molecule has 26 heavy (non-hydrogen) atoms. The van der Waals surface area contributed by atoms with Crippen LogP contribution in [0.1, 0.15) is 30.8 Å². The van der Waals surface area contributed by atoms with Gasteiger partial charge in [-0.25, -0.2) is 0 Å². The number of thioether (sulfide) groups is 1. The molecule has 0 radical (unpaired) electrons. The van der Waals surface area contributed by atoms with E-state index in [4.69, 9.17) is 4.74 Å². The first-order valence-electron chi connectivity index (χ1n) is 8.40. The highest BCUT2D eigenvalue weighted by molar-refractivity contribution is 8.00. The third-order valence-electron chi connectivity index (χ3n) is 3.84. The lowest BCUT2D eigenvalue weighted by atomic mass is 10.1. The maximum Gasteiger partial charge on any atom is 0.313 e. The number of aromatic nitrogens is 3. The largest absolute Gasteiger partial charge is 0.466 e. The van der Waals surface area contributed by atoms with Gasteiger partial charge in [0.1, 0.15) is 12.2 Å². The molecule has 1 heterocycles. The molecule has 0 saturated carbocycles. The Kier molecular flexibility index (Phi) is 6.79. The minimum atomic E-state index is -0.367. The van der Waals surface area contributed by atoms with Crippen molar-refractivity contribution in [3.05, 3.63) is 35.2 Å². The van der Waals surface area contributed by atoms with Crippen molar-refractivity contribution in [3.63, 3.8) is 0 Å². The Labute approximate surface area is 157 Å². The summed E-state index contributed by atoms with van der Waals surface area (Å²) >= 11 is 1.29. The first-order valence-corrected chi connectivity index (χ1v) is 9.28. The average molecular weight is 376 g/mol. The van der Waals surface area contributed by atoms with E-state index in [0.29, 0.717) is 17.6 Å². The quantitative estimate of drug-likeness (QED) is 0.591. The number of anilines is 1. The molecule has 0 bridgehead atoms. The van der Waals surface area contributed by atoms with Gasteiger partial charge >= 0.3 is 5.97 Å². The number of nitrogens with one attached hydrogen (secondary N) is 1. The number of ether oxygens (including phenoxy) is 1. The molecular weight excluding hydrogens is 352 g/mol. The lowest BCUT2D eigenvalue weighted by Crippen LogP contribution is -2.23. The normalized spacial score (nSPS) is 11.9. The summed E-state index contributed by atoms with van der Waals surface area (Å²) in [6.45, 7) is 7.83. The van der Waals surface area contributed by atoms with Crippen LogP contribution in [-0.2, 0) is 27.8 Å². The smallest absolute Gasteiger partial charge is 0.313 e. The van der Waals surface area contributed by atoms with E-state index in [0.717, 1.165) is 16.8 Å². The minimum Gasteiger partial charge on any atom is -0.466 e. The highest BCUT2D eigenvalue weighted by Crippen LogP contribution is 2.24. The molecule has 0 saturated heterocycles. The molecule has 1 aromatic heterocycles. The molecule has 0 unspecified atom stereocenters. The van der Waals surface area contributed by atoms with E-state index in [-0.39, 0.29) is 23.5 Å². The standard InChI is InChI=1S/C18H24N4O3S/c1-6-25-16(23)10-15-20-21-18(22(15)5)26-13(4)17(24)19-14-9-11(2)7-8-12(14)3/h7-9,13H,6,10H2,1-5H3,(H,19,24)/t13-/m0/s1. The monoisotopic (exact) mass is 376 g/mol. The fraction of sp³-hybridized carbons (Fsp3) is 0.444. The molecule has 140 valence electrons. The minimum absolute atomic E-state index is 0.0565. The summed E-state index contributed by atoms with van der Waals surface area (Å²) < 4.78 is 6.64. The second-order valence-electron chi connectivity index (χ2n) is 6.01. The van der Waals surface area contributed by atoms with Gasteiger partial charge in [-0.3, -0.25) is 9.59 Å². The zero-order valence-corrected chi connectivity index (χ0v) is 16.5. The van der Waals surface area contributed by atoms with Crippen LogP contribution in [0.15, 0.2) is 23.4 Å². The number of hydrogen-bond donors (Lipinski definition) is 1. The third kappa shape index (κ3) is 5.08. The molecule has 2 rings (SSSR count). The number of rotatable bonds is 7. The van der Waals surface area contributed by atoms with Crippen molar-refractivity contribution < 1.29 is 14.3 Å². The lowest BCUT2D eigenvalue weighted by Gasteiger charge is -2.13. The number of amides is 1. The van der Waals surface area contributed by atoms with Crippen LogP contribution >= 0.6 is 11.8 Å². The number of carbonyl (C=O) groups is 2. The van der Waals surface area contributed by atoms with Crippen molar-refractivity contribution in [1.82, 2.24) is 14.8 Å². The molecule has 0 aliphatic heterocycles. The maximum absolute atomic E-state index is 12.5. The molecule has 1 aromatic carbocycles. The Bertz CT molecular complexity index is 804. The number of benzene rings is 1.